The summed E-state index contributed by atoms with van der Waals surface area (Å²) < 4.78 is 12.5. The van der Waals surface area contributed by atoms with Crippen molar-refractivity contribution in [1.29, 1.82) is 0 Å². The Bertz CT molecular complexity index is 1470. The van der Waals surface area contributed by atoms with Crippen LogP contribution < -0.4 is 0 Å². The maximum absolute atomic E-state index is 14.7. The summed E-state index contributed by atoms with van der Waals surface area (Å²) in [5.74, 6) is -0.738. The number of ether oxygens (including phenoxy) is 1. The van der Waals surface area contributed by atoms with Crippen molar-refractivity contribution in [2.24, 2.45) is 5.92 Å². The first-order chi connectivity index (χ1) is 22.9. The monoisotopic (exact) mass is 686 g/mol. The largest absolute Gasteiger partial charge is 0.516 e. The maximum Gasteiger partial charge on any atom is 0.320 e. The number of amides is 1. The highest BCUT2D eigenvalue weighted by molar-refractivity contribution is 6.80. The van der Waals surface area contributed by atoms with Crippen LogP contribution in [0.15, 0.2) is 91.0 Å². The van der Waals surface area contributed by atoms with E-state index in [9.17, 15) is 14.4 Å². The van der Waals surface area contributed by atoms with Gasteiger partial charge in [0.15, 0.2) is 0 Å². The van der Waals surface area contributed by atoms with Crippen LogP contribution in [-0.4, -0.2) is 68.7 Å². The Morgan fingerprint density at radius 3 is 1.53 bits per heavy atom. The number of hydrogen-bond donors (Lipinski definition) is 0. The molecule has 0 heterocycles. The van der Waals surface area contributed by atoms with E-state index in [1.54, 1.807) is 23.9 Å². The highest BCUT2D eigenvalue weighted by Gasteiger charge is 2.58. The number of nitrogens with zero attached hydrogens (tertiary/aromatic N) is 2. The molecular formula is C41H58N2O5Si. The van der Waals surface area contributed by atoms with Crippen molar-refractivity contribution in [2.45, 2.75) is 103 Å². The highest BCUT2D eigenvalue weighted by atomic mass is 28.4. The second kappa shape index (κ2) is 17.3. The summed E-state index contributed by atoms with van der Waals surface area (Å²) in [6.07, 6.45) is 0.666. The highest BCUT2D eigenvalue weighted by Crippen LogP contribution is 2.55. The number of hydrogen-bond acceptors (Lipinski definition) is 6. The molecule has 3 aromatic rings. The van der Waals surface area contributed by atoms with E-state index in [1.807, 2.05) is 91.0 Å². The summed E-state index contributed by atoms with van der Waals surface area (Å²) in [5, 5.41) is -0.498. The summed E-state index contributed by atoms with van der Waals surface area (Å²) in [5.41, 5.74) is 2.77. The first kappa shape index (κ1) is 39.7. The zero-order valence-electron chi connectivity index (χ0n) is 31.4. The van der Waals surface area contributed by atoms with Gasteiger partial charge in [-0.1, -0.05) is 146 Å². The van der Waals surface area contributed by atoms with Gasteiger partial charge in [-0.15, -0.1) is 0 Å². The van der Waals surface area contributed by atoms with E-state index in [0.29, 0.717) is 18.8 Å². The molecule has 0 aliphatic rings. The summed E-state index contributed by atoms with van der Waals surface area (Å²) >= 11 is 0. The molecule has 0 aromatic heterocycles. The van der Waals surface area contributed by atoms with Crippen LogP contribution in [0, 0.1) is 5.92 Å². The number of carbonyl (C=O) groups is 3. The molecule has 0 fully saturated rings. The molecule has 266 valence electrons. The van der Waals surface area contributed by atoms with E-state index in [1.165, 1.54) is 0 Å². The molecule has 0 N–H and O–H groups in total. The summed E-state index contributed by atoms with van der Waals surface area (Å²) in [6.45, 7) is 17.5. The number of likely N-dealkylation sites (N-methyl/N-ethyl adjacent to an activating group) is 2. The molecule has 49 heavy (non-hydrogen) atoms. The van der Waals surface area contributed by atoms with Crippen molar-refractivity contribution < 1.29 is 23.5 Å². The molecule has 0 saturated heterocycles. The van der Waals surface area contributed by atoms with Crippen molar-refractivity contribution >= 4 is 26.2 Å². The van der Waals surface area contributed by atoms with Gasteiger partial charge in [-0.25, -0.2) is 0 Å². The van der Waals surface area contributed by atoms with E-state index in [4.69, 9.17) is 9.16 Å². The summed E-state index contributed by atoms with van der Waals surface area (Å²) in [7, 11) is 0.635. The van der Waals surface area contributed by atoms with Crippen LogP contribution >= 0.6 is 0 Å². The van der Waals surface area contributed by atoms with Crippen LogP contribution in [0.2, 0.25) is 16.1 Å². The maximum atomic E-state index is 14.7. The van der Waals surface area contributed by atoms with Gasteiger partial charge in [0.1, 0.15) is 12.6 Å². The number of rotatable bonds is 15. The van der Waals surface area contributed by atoms with Crippen LogP contribution in [0.3, 0.4) is 0 Å². The van der Waals surface area contributed by atoms with Gasteiger partial charge in [0.25, 0.3) is 8.32 Å². The van der Waals surface area contributed by atoms with Crippen molar-refractivity contribution in [3.8, 4) is 0 Å². The van der Waals surface area contributed by atoms with Crippen molar-refractivity contribution in [3.63, 3.8) is 0 Å². The third-order valence-electron chi connectivity index (χ3n) is 9.46. The SMILES string of the molecule is CC(C)C[Si](OC(=O)[C@H](Cc1ccccc1)N(C)C(=O)[C@H](Cc1ccccc1)N(C)CC(=O)OCc1ccccc1)(C(C)(C)C)C(C)(C)C. The quantitative estimate of drug-likeness (QED) is 0.119. The number of benzene rings is 3. The third kappa shape index (κ3) is 10.9. The zero-order chi connectivity index (χ0) is 36.4. The minimum absolute atomic E-state index is 0.0871. The average Bonchev–Trinajstić information content (AvgIpc) is 3.04. The molecule has 0 spiro atoms. The average molecular weight is 687 g/mol. The molecule has 8 heteroatoms. The Hall–Kier alpha value is -3.75. The molecular weight excluding hydrogens is 629 g/mol. The first-order valence-electron chi connectivity index (χ1n) is 17.4. The fraction of sp³-hybridized carbons (Fsp3) is 0.488. The standard InChI is InChI=1S/C41H58N2O5Si/c1-31(2)30-49(40(3,4)5,41(6,7)8)48-39(46)36(27-33-22-16-12-17-23-33)43(10)38(45)35(26-32-20-14-11-15-21-32)42(9)28-37(44)47-29-34-24-18-13-19-25-34/h11-25,31,35-36H,26-30H2,1-10H3/t35-,36-/m0/s1. The van der Waals surface area contributed by atoms with E-state index < -0.39 is 26.4 Å². The molecule has 0 saturated carbocycles. The predicted molar refractivity (Wildman–Crippen MR) is 200 cm³/mol. The second-order valence-electron chi connectivity index (χ2n) is 15.8. The smallest absolute Gasteiger partial charge is 0.320 e. The Balaban J connectivity index is 1.98. The minimum Gasteiger partial charge on any atom is -0.516 e. The van der Waals surface area contributed by atoms with Gasteiger partial charge >= 0.3 is 11.9 Å². The Morgan fingerprint density at radius 1 is 0.673 bits per heavy atom. The van der Waals surface area contributed by atoms with Gasteiger partial charge in [0.05, 0.1) is 12.6 Å². The van der Waals surface area contributed by atoms with Crippen molar-refractivity contribution in [3.05, 3.63) is 108 Å². The molecule has 1 amide bonds. The molecule has 7 nitrogen and oxygen atoms in total. The lowest BCUT2D eigenvalue weighted by atomic mass is 10.0. The summed E-state index contributed by atoms with van der Waals surface area (Å²) in [4.78, 5) is 45.6. The van der Waals surface area contributed by atoms with Gasteiger partial charge in [0.2, 0.25) is 5.91 Å². The van der Waals surface area contributed by atoms with Gasteiger partial charge in [-0.05, 0) is 52.2 Å². The molecule has 0 aliphatic carbocycles. The molecule has 0 bridgehead atoms. The number of carbonyl (C=O) groups excluding carboxylic acids is 3. The van der Waals surface area contributed by atoms with Crippen LogP contribution in [0.5, 0.6) is 0 Å². The van der Waals surface area contributed by atoms with Crippen molar-refractivity contribution in [2.75, 3.05) is 20.6 Å². The molecule has 3 rings (SSSR count). The fourth-order valence-corrected chi connectivity index (χ4v) is 12.7. The lowest BCUT2D eigenvalue weighted by Crippen LogP contribution is -2.60. The Kier molecular flexibility index (Phi) is 14.0. The predicted octanol–water partition coefficient (Wildman–Crippen LogP) is 8.09. The fourth-order valence-electron chi connectivity index (χ4n) is 6.87. The van der Waals surface area contributed by atoms with Gasteiger partial charge in [-0.2, -0.15) is 0 Å². The normalized spacial score (nSPS) is 13.6. The second-order valence-corrected chi connectivity index (χ2v) is 21.0. The Labute approximate surface area is 296 Å². The van der Waals surface area contributed by atoms with Crippen LogP contribution in [0.4, 0.5) is 0 Å². The van der Waals surface area contributed by atoms with Crippen LogP contribution in [-0.2, 0) is 43.0 Å². The molecule has 0 radical (unpaired) electrons. The lowest BCUT2D eigenvalue weighted by molar-refractivity contribution is -0.152. The zero-order valence-corrected chi connectivity index (χ0v) is 32.4. The lowest BCUT2D eigenvalue weighted by Gasteiger charge is -2.51. The van der Waals surface area contributed by atoms with E-state index in [-0.39, 0.29) is 35.1 Å². The van der Waals surface area contributed by atoms with E-state index in [0.717, 1.165) is 22.7 Å². The van der Waals surface area contributed by atoms with Gasteiger partial charge in [0, 0.05) is 13.5 Å². The third-order valence-corrected chi connectivity index (χ3v) is 16.2. The van der Waals surface area contributed by atoms with Crippen LogP contribution in [0.25, 0.3) is 0 Å². The number of esters is 1. The molecule has 0 aliphatic heterocycles. The van der Waals surface area contributed by atoms with Gasteiger partial charge in [-0.3, -0.25) is 19.3 Å². The molecule has 3 aromatic carbocycles. The first-order valence-corrected chi connectivity index (χ1v) is 19.5. The topological polar surface area (TPSA) is 76.2 Å². The summed E-state index contributed by atoms with van der Waals surface area (Å²) in [6, 6.07) is 28.2. The van der Waals surface area contributed by atoms with E-state index in [2.05, 4.69) is 55.4 Å². The minimum atomic E-state index is -2.81. The van der Waals surface area contributed by atoms with Crippen LogP contribution in [0.1, 0.15) is 72.1 Å². The van der Waals surface area contributed by atoms with Gasteiger partial charge < -0.3 is 14.1 Å². The Morgan fingerprint density at radius 2 is 1.10 bits per heavy atom. The molecule has 0 unspecified atom stereocenters. The molecule has 2 atom stereocenters. The van der Waals surface area contributed by atoms with E-state index >= 15 is 0 Å². The van der Waals surface area contributed by atoms with Crippen molar-refractivity contribution in [1.82, 2.24) is 9.80 Å².